The highest BCUT2D eigenvalue weighted by atomic mass is 19.4. The average molecular weight is 408 g/mol. The maximum atomic E-state index is 13.9. The lowest BCUT2D eigenvalue weighted by Gasteiger charge is -2.35. The molecule has 0 saturated heterocycles. The van der Waals surface area contributed by atoms with Crippen molar-refractivity contribution >= 4 is 22.4 Å². The van der Waals surface area contributed by atoms with E-state index in [9.17, 15) is 18.0 Å². The summed E-state index contributed by atoms with van der Waals surface area (Å²) >= 11 is 0. The van der Waals surface area contributed by atoms with Gasteiger partial charge in [0.15, 0.2) is 5.78 Å². The van der Waals surface area contributed by atoms with Gasteiger partial charge in [0.05, 0.1) is 11.1 Å². The Bertz CT molecular complexity index is 1230. The van der Waals surface area contributed by atoms with Crippen molar-refractivity contribution in [3.63, 3.8) is 0 Å². The summed E-state index contributed by atoms with van der Waals surface area (Å²) in [4.78, 5) is 17.5. The zero-order valence-corrected chi connectivity index (χ0v) is 16.3. The largest absolute Gasteiger partial charge is 0.416 e. The van der Waals surface area contributed by atoms with Crippen LogP contribution in [0.1, 0.15) is 47.6 Å². The molecule has 0 radical (unpaired) electrons. The van der Waals surface area contributed by atoms with Gasteiger partial charge in [0.1, 0.15) is 0 Å². The van der Waals surface area contributed by atoms with Gasteiger partial charge in [-0.3, -0.25) is 9.78 Å². The van der Waals surface area contributed by atoms with Crippen LogP contribution in [0.4, 0.5) is 18.9 Å². The number of carbonyl (C=O) groups excluding carboxylic acids is 1. The fraction of sp³-hybridized carbons (Fsp3) is 0.250. The number of rotatable bonds is 1. The van der Waals surface area contributed by atoms with Gasteiger partial charge in [0.2, 0.25) is 0 Å². The minimum Gasteiger partial charge on any atom is -0.358 e. The lowest BCUT2D eigenvalue weighted by atomic mass is 9.73. The molecule has 1 aromatic heterocycles. The highest BCUT2D eigenvalue weighted by Crippen LogP contribution is 2.50. The van der Waals surface area contributed by atoms with Gasteiger partial charge in [-0.05, 0) is 55.2 Å². The number of alkyl halides is 3. The van der Waals surface area contributed by atoms with Gasteiger partial charge in [-0.15, -0.1) is 0 Å². The summed E-state index contributed by atoms with van der Waals surface area (Å²) in [6.45, 7) is 1.87. The number of ketones is 1. The zero-order chi connectivity index (χ0) is 21.0. The van der Waals surface area contributed by atoms with Crippen LogP contribution in [-0.4, -0.2) is 10.8 Å². The van der Waals surface area contributed by atoms with Crippen LogP contribution in [0.25, 0.3) is 10.9 Å². The fourth-order valence-electron chi connectivity index (χ4n) is 4.70. The third-order valence-electron chi connectivity index (χ3n) is 5.95. The van der Waals surface area contributed by atoms with E-state index in [4.69, 9.17) is 0 Å². The maximum absolute atomic E-state index is 13.9. The van der Waals surface area contributed by atoms with Crippen LogP contribution in [0.15, 0.2) is 59.8 Å². The van der Waals surface area contributed by atoms with E-state index in [2.05, 4.69) is 10.3 Å². The Morgan fingerprint density at radius 1 is 1.03 bits per heavy atom. The Morgan fingerprint density at radius 3 is 2.63 bits per heavy atom. The predicted molar refractivity (Wildman–Crippen MR) is 109 cm³/mol. The monoisotopic (exact) mass is 408 g/mol. The summed E-state index contributed by atoms with van der Waals surface area (Å²) in [6, 6.07) is 13.1. The topological polar surface area (TPSA) is 42.0 Å². The van der Waals surface area contributed by atoms with E-state index < -0.39 is 17.7 Å². The van der Waals surface area contributed by atoms with Crippen LogP contribution >= 0.6 is 0 Å². The number of nitrogens with one attached hydrogen (secondary N) is 1. The molecule has 0 unspecified atom stereocenters. The lowest BCUT2D eigenvalue weighted by Crippen LogP contribution is -2.28. The summed E-state index contributed by atoms with van der Waals surface area (Å²) in [5.74, 6) is -0.872. The number of aromatic nitrogens is 1. The molecular weight excluding hydrogens is 389 g/mol. The molecular formula is C24H19F3N2O. The molecule has 0 bridgehead atoms. The molecule has 5 rings (SSSR count). The molecule has 0 saturated carbocycles. The second kappa shape index (κ2) is 6.69. The standard InChI is InChI=1S/C24H19F3N2O/c1-13-9-10-15-17(28-13)11-12-19-21(15)22(23-18(29-19)7-4-8-20(23)30)14-5-2-3-6-16(14)24(25,26)27/h2-3,5-6,9-12,22,29H,4,7-8H2,1H3/t22-/m1/s1. The number of Topliss-reactive ketones (excluding diaryl/α,β-unsaturated/α-hetero) is 1. The molecule has 2 heterocycles. The van der Waals surface area contributed by atoms with E-state index in [0.717, 1.165) is 28.5 Å². The molecule has 2 aromatic carbocycles. The van der Waals surface area contributed by atoms with Gasteiger partial charge in [-0.1, -0.05) is 24.3 Å². The zero-order valence-electron chi connectivity index (χ0n) is 16.3. The quantitative estimate of drug-likeness (QED) is 0.527. The first-order valence-electron chi connectivity index (χ1n) is 9.94. The van der Waals surface area contributed by atoms with Gasteiger partial charge in [0.25, 0.3) is 0 Å². The van der Waals surface area contributed by atoms with Crippen LogP contribution in [0, 0.1) is 6.92 Å². The Balaban J connectivity index is 1.87. The number of hydrogen-bond donors (Lipinski definition) is 1. The van der Waals surface area contributed by atoms with Crippen LogP contribution in [-0.2, 0) is 11.0 Å². The number of carbonyl (C=O) groups is 1. The lowest BCUT2D eigenvalue weighted by molar-refractivity contribution is -0.138. The predicted octanol–water partition coefficient (Wildman–Crippen LogP) is 6.13. The first-order valence-corrected chi connectivity index (χ1v) is 9.94. The van der Waals surface area contributed by atoms with Crippen molar-refractivity contribution in [2.45, 2.75) is 38.3 Å². The van der Waals surface area contributed by atoms with E-state index in [-0.39, 0.29) is 11.3 Å². The number of anilines is 1. The molecule has 6 heteroatoms. The minimum atomic E-state index is -4.51. The molecule has 3 aromatic rings. The number of allylic oxidation sites excluding steroid dienone is 2. The van der Waals surface area contributed by atoms with Crippen molar-refractivity contribution in [2.24, 2.45) is 0 Å². The molecule has 30 heavy (non-hydrogen) atoms. The van der Waals surface area contributed by atoms with E-state index >= 15 is 0 Å². The molecule has 1 atom stereocenters. The van der Waals surface area contributed by atoms with Crippen molar-refractivity contribution in [3.8, 4) is 0 Å². The maximum Gasteiger partial charge on any atom is 0.416 e. The molecule has 3 nitrogen and oxygen atoms in total. The molecule has 0 fully saturated rings. The van der Waals surface area contributed by atoms with Gasteiger partial charge in [-0.2, -0.15) is 13.2 Å². The first-order chi connectivity index (χ1) is 14.3. The van der Waals surface area contributed by atoms with E-state index in [1.54, 1.807) is 6.07 Å². The second-order valence-electron chi connectivity index (χ2n) is 7.86. The molecule has 152 valence electrons. The smallest absolute Gasteiger partial charge is 0.358 e. The van der Waals surface area contributed by atoms with Crippen molar-refractivity contribution < 1.29 is 18.0 Å². The summed E-state index contributed by atoms with van der Waals surface area (Å²) in [6.07, 6.45) is -2.82. The average Bonchev–Trinajstić information content (AvgIpc) is 2.71. The van der Waals surface area contributed by atoms with Crippen LogP contribution in [0.5, 0.6) is 0 Å². The third kappa shape index (κ3) is 2.90. The van der Waals surface area contributed by atoms with Crippen molar-refractivity contribution in [1.29, 1.82) is 0 Å². The van der Waals surface area contributed by atoms with E-state index in [1.807, 2.05) is 31.2 Å². The highest BCUT2D eigenvalue weighted by molar-refractivity contribution is 6.03. The van der Waals surface area contributed by atoms with Gasteiger partial charge in [-0.25, -0.2) is 0 Å². The van der Waals surface area contributed by atoms with E-state index in [0.29, 0.717) is 35.9 Å². The van der Waals surface area contributed by atoms with Crippen molar-refractivity contribution in [1.82, 2.24) is 4.98 Å². The van der Waals surface area contributed by atoms with E-state index in [1.165, 1.54) is 12.1 Å². The Hall–Kier alpha value is -3.15. The molecule has 0 spiro atoms. The molecule has 1 aliphatic carbocycles. The minimum absolute atomic E-state index is 0.0894. The number of halogens is 3. The third-order valence-corrected chi connectivity index (χ3v) is 5.95. The number of nitrogens with zero attached hydrogens (tertiary/aromatic N) is 1. The molecule has 2 aliphatic rings. The van der Waals surface area contributed by atoms with Gasteiger partial charge >= 0.3 is 6.18 Å². The molecule has 1 aliphatic heterocycles. The second-order valence-corrected chi connectivity index (χ2v) is 7.86. The summed E-state index contributed by atoms with van der Waals surface area (Å²) in [7, 11) is 0. The van der Waals surface area contributed by atoms with Crippen molar-refractivity contribution in [3.05, 3.63) is 82.2 Å². The van der Waals surface area contributed by atoms with Gasteiger partial charge < -0.3 is 5.32 Å². The Labute approximate surface area is 171 Å². The SMILES string of the molecule is Cc1ccc2c3c(ccc2n1)NC1=C(C(=O)CCC1)[C@@H]3c1ccccc1C(F)(F)F. The Kier molecular flexibility index (Phi) is 4.20. The molecule has 1 N–H and O–H groups in total. The Morgan fingerprint density at radius 2 is 1.83 bits per heavy atom. The number of aryl methyl sites for hydroxylation is 1. The number of pyridine rings is 1. The van der Waals surface area contributed by atoms with Crippen molar-refractivity contribution in [2.75, 3.05) is 5.32 Å². The normalized spacial score (nSPS) is 18.8. The molecule has 0 amide bonds. The van der Waals surface area contributed by atoms with Crippen LogP contribution in [0.2, 0.25) is 0 Å². The van der Waals surface area contributed by atoms with Gasteiger partial charge in [0, 0.05) is 40.4 Å². The first kappa shape index (κ1) is 18.9. The summed E-state index contributed by atoms with van der Waals surface area (Å²) in [5.41, 5.74) is 3.56. The number of hydrogen-bond acceptors (Lipinski definition) is 3. The highest BCUT2D eigenvalue weighted by Gasteiger charge is 2.41. The van der Waals surface area contributed by atoms with Crippen LogP contribution < -0.4 is 5.32 Å². The number of fused-ring (bicyclic) bond motifs is 3. The van der Waals surface area contributed by atoms with Crippen LogP contribution in [0.3, 0.4) is 0 Å². The fourth-order valence-corrected chi connectivity index (χ4v) is 4.70. The summed E-state index contributed by atoms with van der Waals surface area (Å²) in [5, 5.41) is 4.11. The number of benzene rings is 2. The summed E-state index contributed by atoms with van der Waals surface area (Å²) < 4.78 is 41.8.